The summed E-state index contributed by atoms with van der Waals surface area (Å²) in [6.07, 6.45) is 0. The van der Waals surface area contributed by atoms with Gasteiger partial charge in [-0.25, -0.2) is 0 Å². The summed E-state index contributed by atoms with van der Waals surface area (Å²) in [6.45, 7) is 6.24. The Kier molecular flexibility index (Phi) is 3.64. The van der Waals surface area contributed by atoms with Gasteiger partial charge in [-0.1, -0.05) is 44.5 Å². The molecule has 1 rings (SSSR count). The fraction of sp³-hybridized carbons (Fsp3) is 0.462. The van der Waals surface area contributed by atoms with Crippen molar-refractivity contribution >= 4 is 17.5 Å². The molecule has 0 spiro atoms. The Labute approximate surface area is 102 Å². The van der Waals surface area contributed by atoms with Crippen LogP contribution in [0.1, 0.15) is 36.7 Å². The lowest BCUT2D eigenvalue weighted by molar-refractivity contribution is 0.0827. The summed E-state index contributed by atoms with van der Waals surface area (Å²) >= 11 is 6.28. The first-order valence-electron chi connectivity index (χ1n) is 5.26. The lowest BCUT2D eigenvalue weighted by atomic mass is 9.86. The number of carbonyl (C=O) groups excluding carboxylic acids is 1. The summed E-state index contributed by atoms with van der Waals surface area (Å²) in [6, 6.07) is 5.61. The molecule has 1 aromatic carbocycles. The van der Waals surface area contributed by atoms with Gasteiger partial charge in [0.15, 0.2) is 0 Å². The second kappa shape index (κ2) is 4.46. The van der Waals surface area contributed by atoms with Crippen molar-refractivity contribution in [2.75, 3.05) is 14.1 Å². The minimum atomic E-state index is -0.0592. The molecule has 0 unspecified atom stereocenters. The normalized spacial score (nSPS) is 11.4. The number of carbonyl (C=O) groups is 1. The highest BCUT2D eigenvalue weighted by Crippen LogP contribution is 2.32. The molecule has 0 N–H and O–H groups in total. The van der Waals surface area contributed by atoms with Gasteiger partial charge >= 0.3 is 0 Å². The first kappa shape index (κ1) is 13.0. The molecular weight excluding hydrogens is 222 g/mol. The van der Waals surface area contributed by atoms with E-state index in [-0.39, 0.29) is 11.3 Å². The van der Waals surface area contributed by atoms with Crippen molar-refractivity contribution in [3.05, 3.63) is 34.3 Å². The largest absolute Gasteiger partial charge is 0.345 e. The maximum Gasteiger partial charge on any atom is 0.254 e. The number of benzene rings is 1. The number of halogens is 1. The number of nitrogens with zero attached hydrogens (tertiary/aromatic N) is 1. The average Bonchev–Trinajstić information content (AvgIpc) is 2.15. The van der Waals surface area contributed by atoms with Crippen LogP contribution in [0.5, 0.6) is 0 Å². The van der Waals surface area contributed by atoms with Crippen LogP contribution in [0.2, 0.25) is 5.02 Å². The van der Waals surface area contributed by atoms with Gasteiger partial charge in [0.05, 0.1) is 10.6 Å². The minimum absolute atomic E-state index is 0.0559. The van der Waals surface area contributed by atoms with Crippen molar-refractivity contribution in [1.82, 2.24) is 4.90 Å². The van der Waals surface area contributed by atoms with Crippen LogP contribution in [-0.2, 0) is 5.41 Å². The second-order valence-electron chi connectivity index (χ2n) is 5.12. The topological polar surface area (TPSA) is 20.3 Å². The Morgan fingerprint density at radius 3 is 2.25 bits per heavy atom. The fourth-order valence-corrected chi connectivity index (χ4v) is 2.01. The summed E-state index contributed by atoms with van der Waals surface area (Å²) in [5, 5.41) is 0.564. The van der Waals surface area contributed by atoms with Gasteiger partial charge < -0.3 is 4.90 Å². The van der Waals surface area contributed by atoms with Gasteiger partial charge in [-0.2, -0.15) is 0 Å². The predicted octanol–water partition coefficient (Wildman–Crippen LogP) is 3.34. The molecule has 0 aliphatic rings. The molecule has 0 radical (unpaired) electrons. The van der Waals surface area contributed by atoms with Crippen LogP contribution in [0.4, 0.5) is 0 Å². The number of amides is 1. The van der Waals surface area contributed by atoms with Gasteiger partial charge in [0.2, 0.25) is 0 Å². The van der Waals surface area contributed by atoms with E-state index in [0.29, 0.717) is 10.6 Å². The van der Waals surface area contributed by atoms with Crippen LogP contribution < -0.4 is 0 Å². The van der Waals surface area contributed by atoms with Crippen molar-refractivity contribution in [2.24, 2.45) is 0 Å². The first-order chi connectivity index (χ1) is 7.25. The maximum absolute atomic E-state index is 11.9. The van der Waals surface area contributed by atoms with Crippen LogP contribution in [0, 0.1) is 0 Å². The summed E-state index contributed by atoms with van der Waals surface area (Å²) in [5.74, 6) is -0.0592. The molecular formula is C13H18ClNO. The molecule has 0 aliphatic heterocycles. The van der Waals surface area contributed by atoms with Crippen molar-refractivity contribution < 1.29 is 4.79 Å². The Bertz CT molecular complexity index is 405. The summed E-state index contributed by atoms with van der Waals surface area (Å²) < 4.78 is 0. The SMILES string of the molecule is CN(C)C(=O)c1cccc(C(C)(C)C)c1Cl. The maximum atomic E-state index is 11.9. The van der Waals surface area contributed by atoms with Gasteiger partial charge in [-0.3, -0.25) is 4.79 Å². The van der Waals surface area contributed by atoms with Gasteiger partial charge in [0.25, 0.3) is 5.91 Å². The summed E-state index contributed by atoms with van der Waals surface area (Å²) in [4.78, 5) is 13.4. The van der Waals surface area contributed by atoms with Gasteiger partial charge in [-0.15, -0.1) is 0 Å². The monoisotopic (exact) mass is 239 g/mol. The van der Waals surface area contributed by atoms with Crippen LogP contribution in [-0.4, -0.2) is 24.9 Å². The fourth-order valence-electron chi connectivity index (χ4n) is 1.52. The highest BCUT2D eigenvalue weighted by atomic mass is 35.5. The Morgan fingerprint density at radius 2 is 1.81 bits per heavy atom. The highest BCUT2D eigenvalue weighted by Gasteiger charge is 2.21. The van der Waals surface area contributed by atoms with E-state index in [1.165, 1.54) is 4.90 Å². The second-order valence-corrected chi connectivity index (χ2v) is 5.49. The van der Waals surface area contributed by atoms with Crippen LogP contribution in [0.25, 0.3) is 0 Å². The van der Waals surface area contributed by atoms with E-state index in [9.17, 15) is 4.79 Å². The van der Waals surface area contributed by atoms with E-state index in [2.05, 4.69) is 20.8 Å². The lowest BCUT2D eigenvalue weighted by Gasteiger charge is -2.22. The zero-order chi connectivity index (χ0) is 12.5. The molecule has 1 amide bonds. The molecule has 0 saturated heterocycles. The van der Waals surface area contributed by atoms with Gasteiger partial charge in [0, 0.05) is 14.1 Å². The molecule has 16 heavy (non-hydrogen) atoms. The molecule has 2 nitrogen and oxygen atoms in total. The van der Waals surface area contributed by atoms with Crippen molar-refractivity contribution in [3.8, 4) is 0 Å². The van der Waals surface area contributed by atoms with E-state index >= 15 is 0 Å². The lowest BCUT2D eigenvalue weighted by Crippen LogP contribution is -2.23. The standard InChI is InChI=1S/C13H18ClNO/c1-13(2,3)10-8-6-7-9(11(10)14)12(16)15(4)5/h6-8H,1-5H3. The molecule has 0 heterocycles. The Balaban J connectivity index is 3.30. The molecule has 0 saturated carbocycles. The van der Waals surface area contributed by atoms with Crippen LogP contribution in [0.15, 0.2) is 18.2 Å². The molecule has 0 aromatic heterocycles. The van der Waals surface area contributed by atoms with Gasteiger partial charge in [-0.05, 0) is 17.0 Å². The van der Waals surface area contributed by atoms with E-state index in [0.717, 1.165) is 5.56 Å². The molecule has 3 heteroatoms. The van der Waals surface area contributed by atoms with E-state index in [1.807, 2.05) is 12.1 Å². The minimum Gasteiger partial charge on any atom is -0.345 e. The van der Waals surface area contributed by atoms with Crippen molar-refractivity contribution in [3.63, 3.8) is 0 Å². The smallest absolute Gasteiger partial charge is 0.254 e. The van der Waals surface area contributed by atoms with E-state index in [1.54, 1.807) is 20.2 Å². The molecule has 1 aromatic rings. The first-order valence-corrected chi connectivity index (χ1v) is 5.63. The number of hydrogen-bond donors (Lipinski definition) is 0. The average molecular weight is 240 g/mol. The number of hydrogen-bond acceptors (Lipinski definition) is 1. The zero-order valence-electron chi connectivity index (χ0n) is 10.5. The molecule has 0 bridgehead atoms. The van der Waals surface area contributed by atoms with Crippen LogP contribution >= 0.6 is 11.6 Å². The summed E-state index contributed by atoms with van der Waals surface area (Å²) in [7, 11) is 3.45. The Hall–Kier alpha value is -1.02. The zero-order valence-corrected chi connectivity index (χ0v) is 11.2. The molecule has 0 aliphatic carbocycles. The van der Waals surface area contributed by atoms with Crippen molar-refractivity contribution in [2.45, 2.75) is 26.2 Å². The quantitative estimate of drug-likeness (QED) is 0.736. The van der Waals surface area contributed by atoms with E-state index < -0.39 is 0 Å². The van der Waals surface area contributed by atoms with Crippen molar-refractivity contribution in [1.29, 1.82) is 0 Å². The van der Waals surface area contributed by atoms with Crippen LogP contribution in [0.3, 0.4) is 0 Å². The Morgan fingerprint density at radius 1 is 1.25 bits per heavy atom. The third kappa shape index (κ3) is 2.56. The van der Waals surface area contributed by atoms with E-state index in [4.69, 9.17) is 11.6 Å². The number of rotatable bonds is 1. The molecule has 88 valence electrons. The third-order valence-corrected chi connectivity index (χ3v) is 2.85. The molecule has 0 fully saturated rings. The highest BCUT2D eigenvalue weighted by molar-refractivity contribution is 6.34. The predicted molar refractivity (Wildman–Crippen MR) is 68.2 cm³/mol. The molecule has 0 atom stereocenters. The summed E-state index contributed by atoms with van der Waals surface area (Å²) in [5.41, 5.74) is 1.51. The van der Waals surface area contributed by atoms with Gasteiger partial charge in [0.1, 0.15) is 0 Å². The third-order valence-electron chi connectivity index (χ3n) is 2.44.